The molecule has 2 N–H and O–H groups in total. The van der Waals surface area contributed by atoms with E-state index in [1.807, 2.05) is 7.05 Å². The highest BCUT2D eigenvalue weighted by Gasteiger charge is 2.31. The molecule has 1 unspecified atom stereocenters. The first kappa shape index (κ1) is 16.5. The van der Waals surface area contributed by atoms with Crippen LogP contribution in [0.25, 0.3) is 0 Å². The van der Waals surface area contributed by atoms with Crippen LogP contribution in [0.3, 0.4) is 0 Å². The van der Waals surface area contributed by atoms with Crippen LogP contribution in [0.5, 0.6) is 0 Å². The fraction of sp³-hybridized carbons (Fsp3) is 0.714. The number of likely N-dealkylation sites (N-methyl/N-ethyl adjacent to an activating group) is 1. The average molecular weight is 314 g/mol. The molecule has 7 heteroatoms. The largest absolute Gasteiger partial charge is 0.363 e. The molecule has 6 nitrogen and oxygen atoms in total. The summed E-state index contributed by atoms with van der Waals surface area (Å²) < 4.78 is 26.9. The summed E-state index contributed by atoms with van der Waals surface area (Å²) in [5, 5.41) is 3.26. The summed E-state index contributed by atoms with van der Waals surface area (Å²) in [6, 6.07) is 1.99. The molecule has 0 aromatic carbocycles. The molecule has 1 atom stereocenters. The Morgan fingerprint density at radius 2 is 2.19 bits per heavy atom. The van der Waals surface area contributed by atoms with Crippen molar-refractivity contribution in [3.63, 3.8) is 0 Å². The smallest absolute Gasteiger partial charge is 0.244 e. The standard InChI is InChI=1S/C14H26N4O2S/c1-4-5-15-9-13-8-14(10-16-13)21(19,20)18-7-6-17(3)12(2)11-18/h8,10,12,15-16H,4-7,9,11H2,1-3H3. The van der Waals surface area contributed by atoms with Gasteiger partial charge >= 0.3 is 0 Å². The van der Waals surface area contributed by atoms with Crippen molar-refractivity contribution in [2.24, 2.45) is 0 Å². The van der Waals surface area contributed by atoms with E-state index in [0.29, 0.717) is 24.5 Å². The van der Waals surface area contributed by atoms with Gasteiger partial charge in [0, 0.05) is 44.1 Å². The van der Waals surface area contributed by atoms with Crippen LogP contribution < -0.4 is 5.32 Å². The minimum absolute atomic E-state index is 0.248. The van der Waals surface area contributed by atoms with Crippen LogP contribution in [-0.4, -0.2) is 61.9 Å². The molecular weight excluding hydrogens is 288 g/mol. The number of nitrogens with one attached hydrogen (secondary N) is 2. The maximum Gasteiger partial charge on any atom is 0.244 e. The fourth-order valence-electron chi connectivity index (χ4n) is 2.45. The second-order valence-corrected chi connectivity index (χ2v) is 7.67. The monoisotopic (exact) mass is 314 g/mol. The maximum absolute atomic E-state index is 12.6. The van der Waals surface area contributed by atoms with Gasteiger partial charge < -0.3 is 15.2 Å². The van der Waals surface area contributed by atoms with E-state index in [2.05, 4.69) is 29.0 Å². The third kappa shape index (κ3) is 3.85. The Labute approximate surface area is 127 Å². The topological polar surface area (TPSA) is 68.4 Å². The number of aromatic amines is 1. The molecule has 0 amide bonds. The van der Waals surface area contributed by atoms with Crippen LogP contribution >= 0.6 is 0 Å². The molecule has 0 spiro atoms. The van der Waals surface area contributed by atoms with Gasteiger partial charge in [-0.2, -0.15) is 4.31 Å². The first-order chi connectivity index (χ1) is 9.95. The SMILES string of the molecule is CCCNCc1cc(S(=O)(=O)N2CCN(C)C(C)C2)c[nH]1. The fourth-order valence-corrected chi connectivity index (χ4v) is 3.98. The van der Waals surface area contributed by atoms with Gasteiger partial charge in [-0.05, 0) is 33.0 Å². The molecule has 2 rings (SSSR count). The molecule has 1 saturated heterocycles. The zero-order valence-corrected chi connectivity index (χ0v) is 13.9. The Bertz CT molecular complexity index is 555. The normalized spacial score (nSPS) is 21.8. The van der Waals surface area contributed by atoms with E-state index >= 15 is 0 Å². The predicted octanol–water partition coefficient (Wildman–Crippen LogP) is 0.839. The van der Waals surface area contributed by atoms with Gasteiger partial charge in [0.1, 0.15) is 0 Å². The van der Waals surface area contributed by atoms with Crippen molar-refractivity contribution in [1.82, 2.24) is 19.5 Å². The molecule has 1 aromatic heterocycles. The minimum atomic E-state index is -3.38. The summed E-state index contributed by atoms with van der Waals surface area (Å²) in [5.41, 5.74) is 0.907. The summed E-state index contributed by atoms with van der Waals surface area (Å²) in [6.45, 7) is 7.63. The highest BCUT2D eigenvalue weighted by Crippen LogP contribution is 2.20. The maximum atomic E-state index is 12.6. The number of piperazine rings is 1. The van der Waals surface area contributed by atoms with E-state index in [1.54, 1.807) is 16.6 Å². The summed E-state index contributed by atoms with van der Waals surface area (Å²) in [5.74, 6) is 0. The number of rotatable bonds is 6. The number of aromatic nitrogens is 1. The first-order valence-corrected chi connectivity index (χ1v) is 8.97. The summed E-state index contributed by atoms with van der Waals surface area (Å²) >= 11 is 0. The molecule has 0 bridgehead atoms. The third-order valence-corrected chi connectivity index (χ3v) is 5.86. The third-order valence-electron chi connectivity index (χ3n) is 4.02. The van der Waals surface area contributed by atoms with Crippen LogP contribution in [0.15, 0.2) is 17.2 Å². The Morgan fingerprint density at radius 3 is 2.86 bits per heavy atom. The number of H-pyrrole nitrogens is 1. The quantitative estimate of drug-likeness (QED) is 0.764. The van der Waals surface area contributed by atoms with Crippen molar-refractivity contribution in [3.05, 3.63) is 18.0 Å². The molecule has 120 valence electrons. The number of hydrogen-bond donors (Lipinski definition) is 2. The van der Waals surface area contributed by atoms with Crippen molar-refractivity contribution in [2.75, 3.05) is 33.2 Å². The Morgan fingerprint density at radius 1 is 1.43 bits per heavy atom. The lowest BCUT2D eigenvalue weighted by Gasteiger charge is -2.36. The van der Waals surface area contributed by atoms with Crippen LogP contribution in [0.2, 0.25) is 0 Å². The second kappa shape index (κ2) is 6.91. The van der Waals surface area contributed by atoms with E-state index in [9.17, 15) is 8.42 Å². The Kier molecular flexibility index (Phi) is 5.43. The zero-order chi connectivity index (χ0) is 15.5. The summed E-state index contributed by atoms with van der Waals surface area (Å²) in [7, 11) is -1.35. The van der Waals surface area contributed by atoms with Gasteiger partial charge in [0.2, 0.25) is 10.0 Å². The van der Waals surface area contributed by atoms with Crippen LogP contribution in [0.1, 0.15) is 26.0 Å². The lowest BCUT2D eigenvalue weighted by molar-refractivity contribution is 0.159. The van der Waals surface area contributed by atoms with Crippen molar-refractivity contribution in [1.29, 1.82) is 0 Å². The van der Waals surface area contributed by atoms with E-state index in [1.165, 1.54) is 0 Å². The molecule has 21 heavy (non-hydrogen) atoms. The number of hydrogen-bond acceptors (Lipinski definition) is 4. The lowest BCUT2D eigenvalue weighted by Crippen LogP contribution is -2.51. The molecule has 0 radical (unpaired) electrons. The van der Waals surface area contributed by atoms with Crippen molar-refractivity contribution in [3.8, 4) is 0 Å². The van der Waals surface area contributed by atoms with E-state index in [4.69, 9.17) is 0 Å². The molecule has 2 heterocycles. The second-order valence-electron chi connectivity index (χ2n) is 5.73. The van der Waals surface area contributed by atoms with Crippen molar-refractivity contribution >= 4 is 10.0 Å². The van der Waals surface area contributed by atoms with E-state index in [-0.39, 0.29) is 6.04 Å². The van der Waals surface area contributed by atoms with Gasteiger partial charge in [-0.15, -0.1) is 0 Å². The van der Waals surface area contributed by atoms with Crippen LogP contribution in [0, 0.1) is 0 Å². The van der Waals surface area contributed by atoms with Crippen molar-refractivity contribution in [2.45, 2.75) is 37.8 Å². The minimum Gasteiger partial charge on any atom is -0.363 e. The summed E-state index contributed by atoms with van der Waals surface area (Å²) in [4.78, 5) is 5.60. The average Bonchev–Trinajstić information content (AvgIpc) is 2.91. The molecule has 1 aromatic rings. The highest BCUT2D eigenvalue weighted by molar-refractivity contribution is 7.89. The lowest BCUT2D eigenvalue weighted by atomic mass is 10.2. The first-order valence-electron chi connectivity index (χ1n) is 7.53. The Balaban J connectivity index is 2.06. The molecule has 0 aliphatic carbocycles. The molecular formula is C14H26N4O2S. The Hall–Kier alpha value is -0.890. The summed E-state index contributed by atoms with van der Waals surface area (Å²) in [6.07, 6.45) is 2.66. The van der Waals surface area contributed by atoms with Gasteiger partial charge in [0.25, 0.3) is 0 Å². The van der Waals surface area contributed by atoms with E-state index < -0.39 is 10.0 Å². The van der Waals surface area contributed by atoms with Gasteiger partial charge in [-0.3, -0.25) is 0 Å². The van der Waals surface area contributed by atoms with Gasteiger partial charge in [0.05, 0.1) is 4.90 Å². The molecule has 0 saturated carbocycles. The van der Waals surface area contributed by atoms with Gasteiger partial charge in [0.15, 0.2) is 0 Å². The van der Waals surface area contributed by atoms with Crippen molar-refractivity contribution < 1.29 is 8.42 Å². The highest BCUT2D eigenvalue weighted by atomic mass is 32.2. The zero-order valence-electron chi connectivity index (χ0n) is 13.1. The van der Waals surface area contributed by atoms with Gasteiger partial charge in [-0.25, -0.2) is 8.42 Å². The molecule has 1 aliphatic heterocycles. The molecule has 1 aliphatic rings. The predicted molar refractivity (Wildman–Crippen MR) is 83.6 cm³/mol. The van der Waals surface area contributed by atoms with Gasteiger partial charge in [-0.1, -0.05) is 6.92 Å². The van der Waals surface area contributed by atoms with E-state index in [0.717, 1.165) is 25.2 Å². The number of nitrogens with zero attached hydrogens (tertiary/aromatic N) is 2. The number of sulfonamides is 1. The van der Waals surface area contributed by atoms with Crippen LogP contribution in [-0.2, 0) is 16.6 Å². The van der Waals surface area contributed by atoms with Crippen LogP contribution in [0.4, 0.5) is 0 Å². The molecule has 1 fully saturated rings.